The molecule has 172 valence electrons. The van der Waals surface area contributed by atoms with E-state index in [-0.39, 0.29) is 22.7 Å². The molecule has 0 radical (unpaired) electrons. The number of alkyl halides is 6. The van der Waals surface area contributed by atoms with Crippen LogP contribution < -0.4 is 10.1 Å². The Kier molecular flexibility index (Phi) is 6.09. The highest BCUT2D eigenvalue weighted by molar-refractivity contribution is 5.94. The zero-order chi connectivity index (χ0) is 23.7. The maximum atomic E-state index is 13.2. The molecule has 3 aromatic rings. The molecule has 32 heavy (non-hydrogen) atoms. The first-order valence-electron chi connectivity index (χ1n) is 9.11. The SMILES string of the molecule is CC(CO)(NC(=O)c1cn2cccc(-c3ccccc3OCC(F)(F)F)c2n1)C(F)(F)F. The molecule has 12 heteroatoms. The number of halogens is 6. The van der Waals surface area contributed by atoms with Gasteiger partial charge in [0.05, 0.1) is 6.61 Å². The zero-order valence-corrected chi connectivity index (χ0v) is 16.5. The van der Waals surface area contributed by atoms with Crippen LogP contribution in [0, 0.1) is 0 Å². The van der Waals surface area contributed by atoms with Gasteiger partial charge in [-0.25, -0.2) is 4.98 Å². The number of imidazole rings is 1. The monoisotopic (exact) mass is 461 g/mol. The molecule has 1 amide bonds. The van der Waals surface area contributed by atoms with E-state index < -0.39 is 37.0 Å². The molecule has 0 saturated heterocycles. The average molecular weight is 461 g/mol. The van der Waals surface area contributed by atoms with Gasteiger partial charge in [0.25, 0.3) is 5.91 Å². The maximum absolute atomic E-state index is 13.2. The minimum Gasteiger partial charge on any atom is -0.483 e. The first-order valence-corrected chi connectivity index (χ1v) is 9.11. The Morgan fingerprint density at radius 3 is 2.38 bits per heavy atom. The Labute approximate surface area is 177 Å². The molecule has 1 aromatic carbocycles. The molecular formula is C20H17F6N3O3. The lowest BCUT2D eigenvalue weighted by Crippen LogP contribution is -2.59. The van der Waals surface area contributed by atoms with Crippen LogP contribution in [0.4, 0.5) is 26.3 Å². The highest BCUT2D eigenvalue weighted by atomic mass is 19.4. The van der Waals surface area contributed by atoms with E-state index >= 15 is 0 Å². The van der Waals surface area contributed by atoms with Crippen LogP contribution in [0.2, 0.25) is 0 Å². The van der Waals surface area contributed by atoms with E-state index in [1.807, 2.05) is 0 Å². The van der Waals surface area contributed by atoms with Crippen molar-refractivity contribution in [3.63, 3.8) is 0 Å². The molecule has 0 bridgehead atoms. The molecule has 1 atom stereocenters. The van der Waals surface area contributed by atoms with Crippen molar-refractivity contribution in [1.82, 2.24) is 14.7 Å². The van der Waals surface area contributed by atoms with Gasteiger partial charge in [0.15, 0.2) is 12.1 Å². The number of pyridine rings is 1. The summed E-state index contributed by atoms with van der Waals surface area (Å²) in [6.45, 7) is -2.28. The fourth-order valence-electron chi connectivity index (χ4n) is 2.82. The van der Waals surface area contributed by atoms with E-state index in [1.54, 1.807) is 11.4 Å². The highest BCUT2D eigenvalue weighted by Crippen LogP contribution is 2.34. The van der Waals surface area contributed by atoms with E-state index in [0.29, 0.717) is 12.5 Å². The van der Waals surface area contributed by atoms with Crippen molar-refractivity contribution in [2.75, 3.05) is 13.2 Å². The third-order valence-corrected chi connectivity index (χ3v) is 4.62. The Hall–Kier alpha value is -3.28. The van der Waals surface area contributed by atoms with E-state index in [2.05, 4.69) is 4.98 Å². The van der Waals surface area contributed by atoms with Crippen LogP contribution in [-0.2, 0) is 0 Å². The normalized spacial score (nSPS) is 14.2. The summed E-state index contributed by atoms with van der Waals surface area (Å²) in [6.07, 6.45) is -6.84. The number of carbonyl (C=O) groups excluding carboxylic acids is 1. The van der Waals surface area contributed by atoms with Crippen LogP contribution in [-0.4, -0.2) is 51.5 Å². The minimum absolute atomic E-state index is 0.0862. The third-order valence-electron chi connectivity index (χ3n) is 4.62. The highest BCUT2D eigenvalue weighted by Gasteiger charge is 2.52. The van der Waals surface area contributed by atoms with Crippen molar-refractivity contribution >= 4 is 11.6 Å². The molecule has 0 spiro atoms. The largest absolute Gasteiger partial charge is 0.483 e. The first kappa shape index (κ1) is 23.4. The lowest BCUT2D eigenvalue weighted by Gasteiger charge is -2.30. The molecule has 0 aliphatic rings. The molecule has 3 rings (SSSR count). The van der Waals surface area contributed by atoms with E-state index in [9.17, 15) is 31.1 Å². The molecule has 0 aliphatic heterocycles. The van der Waals surface area contributed by atoms with Gasteiger partial charge >= 0.3 is 12.4 Å². The molecule has 0 fully saturated rings. The van der Waals surface area contributed by atoms with Gasteiger partial charge in [-0.1, -0.05) is 18.2 Å². The van der Waals surface area contributed by atoms with E-state index in [0.717, 1.165) is 0 Å². The number of aliphatic hydroxyl groups excluding tert-OH is 1. The van der Waals surface area contributed by atoms with Gasteiger partial charge in [0, 0.05) is 23.5 Å². The summed E-state index contributed by atoms with van der Waals surface area (Å²) in [4.78, 5) is 16.5. The van der Waals surface area contributed by atoms with Crippen LogP contribution in [0.3, 0.4) is 0 Å². The van der Waals surface area contributed by atoms with Gasteiger partial charge in [-0.3, -0.25) is 4.79 Å². The molecule has 6 nitrogen and oxygen atoms in total. The topological polar surface area (TPSA) is 75.9 Å². The number of rotatable bonds is 6. The summed E-state index contributed by atoms with van der Waals surface area (Å²) in [5.41, 5.74) is -2.62. The summed E-state index contributed by atoms with van der Waals surface area (Å²) in [5.74, 6) is -1.27. The quantitative estimate of drug-likeness (QED) is 0.545. The molecule has 1 unspecified atom stereocenters. The van der Waals surface area contributed by atoms with Gasteiger partial charge in [-0.05, 0) is 25.1 Å². The number of fused-ring (bicyclic) bond motifs is 1. The second kappa shape index (κ2) is 8.34. The Bertz CT molecular complexity index is 1130. The van der Waals surface area contributed by atoms with Crippen LogP contribution in [0.5, 0.6) is 5.75 Å². The first-order chi connectivity index (χ1) is 14.8. The Morgan fingerprint density at radius 2 is 1.75 bits per heavy atom. The second-order valence-corrected chi connectivity index (χ2v) is 7.12. The molecule has 0 saturated carbocycles. The number of carbonyl (C=O) groups is 1. The van der Waals surface area contributed by atoms with Crippen molar-refractivity contribution < 1.29 is 41.0 Å². The summed E-state index contributed by atoms with van der Waals surface area (Å²) in [7, 11) is 0. The standard InChI is InChI=1S/C20H17F6N3O3/c1-18(10-30,20(24,25)26)28-17(31)14-9-29-8-4-6-13(16(29)27-14)12-5-2-3-7-15(12)32-11-19(21,22)23/h2-9,30H,10-11H2,1H3,(H,28,31). The number of hydrogen-bond donors (Lipinski definition) is 2. The summed E-state index contributed by atoms with van der Waals surface area (Å²) in [6, 6.07) is 8.91. The van der Waals surface area contributed by atoms with Gasteiger partial charge < -0.3 is 19.6 Å². The Morgan fingerprint density at radius 1 is 1.09 bits per heavy atom. The number of amides is 1. The minimum atomic E-state index is -4.92. The number of ether oxygens (including phenoxy) is 1. The van der Waals surface area contributed by atoms with Crippen LogP contribution in [0.25, 0.3) is 16.8 Å². The van der Waals surface area contributed by atoms with Crippen molar-refractivity contribution in [2.24, 2.45) is 0 Å². The molecule has 2 aromatic heterocycles. The number of nitrogens with zero attached hydrogens (tertiary/aromatic N) is 2. The van der Waals surface area contributed by atoms with Gasteiger partial charge in [-0.15, -0.1) is 0 Å². The number of aliphatic hydroxyl groups is 1. The molecule has 2 N–H and O–H groups in total. The summed E-state index contributed by atoms with van der Waals surface area (Å²) in [5, 5.41) is 10.9. The fourth-order valence-corrected chi connectivity index (χ4v) is 2.82. The summed E-state index contributed by atoms with van der Waals surface area (Å²) < 4.78 is 83.5. The second-order valence-electron chi connectivity index (χ2n) is 7.12. The van der Waals surface area contributed by atoms with Crippen LogP contribution in [0.1, 0.15) is 17.4 Å². The van der Waals surface area contributed by atoms with E-state index in [4.69, 9.17) is 9.84 Å². The fraction of sp³-hybridized carbons (Fsp3) is 0.300. The lowest BCUT2D eigenvalue weighted by atomic mass is 10.0. The zero-order valence-electron chi connectivity index (χ0n) is 16.5. The van der Waals surface area contributed by atoms with E-state index in [1.165, 1.54) is 47.1 Å². The third kappa shape index (κ3) is 4.79. The van der Waals surface area contributed by atoms with Gasteiger partial charge in [0.1, 0.15) is 17.1 Å². The number of para-hydroxylation sites is 1. The number of benzene rings is 1. The number of aromatic nitrogens is 2. The van der Waals surface area contributed by atoms with Crippen LogP contribution in [0.15, 0.2) is 48.8 Å². The van der Waals surface area contributed by atoms with Gasteiger partial charge in [0.2, 0.25) is 0 Å². The number of nitrogens with one attached hydrogen (secondary N) is 1. The van der Waals surface area contributed by atoms with Crippen molar-refractivity contribution in [3.05, 3.63) is 54.5 Å². The lowest BCUT2D eigenvalue weighted by molar-refractivity contribution is -0.197. The number of hydrogen-bond acceptors (Lipinski definition) is 4. The molecule has 0 aliphatic carbocycles. The predicted molar refractivity (Wildman–Crippen MR) is 101 cm³/mol. The smallest absolute Gasteiger partial charge is 0.422 e. The van der Waals surface area contributed by atoms with Crippen molar-refractivity contribution in [3.8, 4) is 16.9 Å². The van der Waals surface area contributed by atoms with Crippen molar-refractivity contribution in [2.45, 2.75) is 24.8 Å². The summed E-state index contributed by atoms with van der Waals surface area (Å²) >= 11 is 0. The Balaban J connectivity index is 1.99. The molecular weight excluding hydrogens is 444 g/mol. The van der Waals surface area contributed by atoms with Gasteiger partial charge in [-0.2, -0.15) is 26.3 Å². The molecule has 2 heterocycles. The van der Waals surface area contributed by atoms with Crippen LogP contribution >= 0.6 is 0 Å². The van der Waals surface area contributed by atoms with Crippen molar-refractivity contribution in [1.29, 1.82) is 0 Å². The average Bonchev–Trinajstić information content (AvgIpc) is 3.15. The maximum Gasteiger partial charge on any atom is 0.422 e. The predicted octanol–water partition coefficient (Wildman–Crippen LogP) is 3.99.